The molecule has 1 saturated carbocycles. The average molecular weight is 364 g/mol. The van der Waals surface area contributed by atoms with Gasteiger partial charge < -0.3 is 14.7 Å². The molecule has 0 bridgehead atoms. The van der Waals surface area contributed by atoms with Crippen LogP contribution in [0.4, 0.5) is 10.5 Å². The van der Waals surface area contributed by atoms with Gasteiger partial charge in [0.25, 0.3) is 5.89 Å². The maximum absolute atomic E-state index is 12.7. The van der Waals surface area contributed by atoms with Crippen molar-refractivity contribution in [2.45, 2.75) is 31.7 Å². The molecular formula is C19H20N6O2. The van der Waals surface area contributed by atoms with Gasteiger partial charge in [0.05, 0.1) is 6.54 Å². The highest BCUT2D eigenvalue weighted by atomic mass is 16.5. The summed E-state index contributed by atoms with van der Waals surface area (Å²) in [4.78, 5) is 19.0. The number of fused-ring (bicyclic) bond motifs is 1. The second-order valence-electron chi connectivity index (χ2n) is 7.10. The molecule has 3 aromatic rings. The van der Waals surface area contributed by atoms with E-state index in [4.69, 9.17) is 4.52 Å². The molecule has 1 N–H and O–H groups in total. The minimum Gasteiger partial charge on any atom is -0.332 e. The SMILES string of the molecule is Cn1nc(-c2nc(C3CC3)no2)c2c1CCN(C(=O)Nc1ccccc1)C2. The predicted molar refractivity (Wildman–Crippen MR) is 98.0 cm³/mol. The van der Waals surface area contributed by atoms with Crippen LogP contribution in [0.5, 0.6) is 0 Å². The number of aryl methyl sites for hydroxylation is 1. The first-order chi connectivity index (χ1) is 13.2. The van der Waals surface area contributed by atoms with E-state index >= 15 is 0 Å². The van der Waals surface area contributed by atoms with Crippen molar-refractivity contribution in [2.75, 3.05) is 11.9 Å². The first-order valence-electron chi connectivity index (χ1n) is 9.19. The molecule has 27 heavy (non-hydrogen) atoms. The van der Waals surface area contributed by atoms with Gasteiger partial charge in [0.15, 0.2) is 11.5 Å². The molecule has 0 atom stereocenters. The molecule has 8 nitrogen and oxygen atoms in total. The van der Waals surface area contributed by atoms with Crippen molar-refractivity contribution in [3.05, 3.63) is 47.4 Å². The van der Waals surface area contributed by atoms with Crippen molar-refractivity contribution in [1.82, 2.24) is 24.8 Å². The Morgan fingerprint density at radius 1 is 1.26 bits per heavy atom. The van der Waals surface area contributed by atoms with Crippen LogP contribution in [-0.2, 0) is 20.0 Å². The Hall–Kier alpha value is -3.16. The number of nitrogens with one attached hydrogen (secondary N) is 1. The zero-order valence-electron chi connectivity index (χ0n) is 15.1. The summed E-state index contributed by atoms with van der Waals surface area (Å²) in [6.45, 7) is 1.11. The van der Waals surface area contributed by atoms with Gasteiger partial charge in [-0.05, 0) is 25.0 Å². The lowest BCUT2D eigenvalue weighted by Crippen LogP contribution is -2.39. The number of benzene rings is 1. The summed E-state index contributed by atoms with van der Waals surface area (Å²) in [5.74, 6) is 1.63. The first-order valence-corrected chi connectivity index (χ1v) is 9.19. The molecule has 2 aromatic heterocycles. The molecule has 0 spiro atoms. The molecule has 3 heterocycles. The van der Waals surface area contributed by atoms with E-state index in [-0.39, 0.29) is 6.03 Å². The molecule has 0 saturated heterocycles. The monoisotopic (exact) mass is 364 g/mol. The lowest BCUT2D eigenvalue weighted by atomic mass is 10.1. The molecule has 1 fully saturated rings. The first kappa shape index (κ1) is 16.0. The van der Waals surface area contributed by atoms with Crippen molar-refractivity contribution >= 4 is 11.7 Å². The Balaban J connectivity index is 1.40. The summed E-state index contributed by atoms with van der Waals surface area (Å²) in [5, 5.41) is 11.6. The molecule has 1 aliphatic heterocycles. The van der Waals surface area contributed by atoms with Gasteiger partial charge in [-0.2, -0.15) is 10.1 Å². The molecule has 1 aliphatic carbocycles. The lowest BCUT2D eigenvalue weighted by molar-refractivity contribution is 0.206. The van der Waals surface area contributed by atoms with Gasteiger partial charge >= 0.3 is 6.03 Å². The molecule has 2 amide bonds. The number of carbonyl (C=O) groups excluding carboxylic acids is 1. The zero-order valence-corrected chi connectivity index (χ0v) is 15.1. The summed E-state index contributed by atoms with van der Waals surface area (Å²) in [7, 11) is 1.92. The maximum Gasteiger partial charge on any atom is 0.322 e. The molecular weight excluding hydrogens is 344 g/mol. The molecule has 5 rings (SSSR count). The van der Waals surface area contributed by atoms with Crippen LogP contribution in [0.3, 0.4) is 0 Å². The smallest absolute Gasteiger partial charge is 0.322 e. The largest absolute Gasteiger partial charge is 0.332 e. The van der Waals surface area contributed by atoms with Crippen LogP contribution >= 0.6 is 0 Å². The molecule has 138 valence electrons. The topological polar surface area (TPSA) is 89.1 Å². The van der Waals surface area contributed by atoms with E-state index in [0.29, 0.717) is 30.6 Å². The number of hydrogen-bond donors (Lipinski definition) is 1. The van der Waals surface area contributed by atoms with E-state index in [0.717, 1.165) is 42.0 Å². The Morgan fingerprint density at radius 3 is 2.85 bits per heavy atom. The summed E-state index contributed by atoms with van der Waals surface area (Å²) in [6.07, 6.45) is 2.98. The number of anilines is 1. The third-order valence-corrected chi connectivity index (χ3v) is 5.14. The normalized spacial score (nSPS) is 16.3. The minimum absolute atomic E-state index is 0.120. The van der Waals surface area contributed by atoms with Crippen molar-refractivity contribution in [2.24, 2.45) is 7.05 Å². The van der Waals surface area contributed by atoms with Crippen molar-refractivity contribution in [3.8, 4) is 11.6 Å². The van der Waals surface area contributed by atoms with Gasteiger partial charge in [-0.1, -0.05) is 23.4 Å². The Morgan fingerprint density at radius 2 is 2.07 bits per heavy atom. The van der Waals surface area contributed by atoms with Crippen molar-refractivity contribution < 1.29 is 9.32 Å². The van der Waals surface area contributed by atoms with E-state index in [1.54, 1.807) is 4.90 Å². The molecule has 1 aromatic carbocycles. The van der Waals surface area contributed by atoms with Crippen LogP contribution in [0.25, 0.3) is 11.6 Å². The lowest BCUT2D eigenvalue weighted by Gasteiger charge is -2.27. The number of carbonyl (C=O) groups is 1. The molecule has 8 heteroatoms. The highest BCUT2D eigenvalue weighted by Gasteiger charge is 2.32. The highest BCUT2D eigenvalue weighted by Crippen LogP contribution is 2.39. The van der Waals surface area contributed by atoms with Crippen LogP contribution in [0.15, 0.2) is 34.9 Å². The third-order valence-electron chi connectivity index (χ3n) is 5.14. The second kappa shape index (κ2) is 6.22. The van der Waals surface area contributed by atoms with E-state index < -0.39 is 0 Å². The average Bonchev–Trinajstić information content (AvgIpc) is 3.33. The van der Waals surface area contributed by atoms with Gasteiger partial charge in [-0.25, -0.2) is 4.79 Å². The van der Waals surface area contributed by atoms with Gasteiger partial charge in [0, 0.05) is 42.9 Å². The predicted octanol–water partition coefficient (Wildman–Crippen LogP) is 2.94. The van der Waals surface area contributed by atoms with Crippen molar-refractivity contribution in [3.63, 3.8) is 0 Å². The Labute approximate surface area is 156 Å². The van der Waals surface area contributed by atoms with Crippen molar-refractivity contribution in [1.29, 1.82) is 0 Å². The van der Waals surface area contributed by atoms with Gasteiger partial charge in [0.1, 0.15) is 0 Å². The van der Waals surface area contributed by atoms with Crippen LogP contribution in [0.2, 0.25) is 0 Å². The van der Waals surface area contributed by atoms with Gasteiger partial charge in [0.2, 0.25) is 0 Å². The zero-order chi connectivity index (χ0) is 18.4. The number of amides is 2. The molecule has 2 aliphatic rings. The highest BCUT2D eigenvalue weighted by molar-refractivity contribution is 5.89. The number of hydrogen-bond acceptors (Lipinski definition) is 5. The fraction of sp³-hybridized carbons (Fsp3) is 0.368. The van der Waals surface area contributed by atoms with Crippen LogP contribution < -0.4 is 5.32 Å². The molecule has 0 unspecified atom stereocenters. The Kier molecular flexibility index (Phi) is 3.70. The Bertz CT molecular complexity index is 989. The van der Waals surface area contributed by atoms with Crippen LogP contribution in [0, 0.1) is 0 Å². The fourth-order valence-corrected chi connectivity index (χ4v) is 3.50. The van der Waals surface area contributed by atoms with Gasteiger partial charge in [-0.3, -0.25) is 4.68 Å². The number of para-hydroxylation sites is 1. The summed E-state index contributed by atoms with van der Waals surface area (Å²) in [5.41, 5.74) is 3.56. The standard InChI is InChI=1S/C19H20N6O2/c1-24-15-9-10-25(19(26)20-13-5-3-2-4-6-13)11-14(15)16(22-24)18-21-17(23-27-18)12-7-8-12/h2-6,12H,7-11H2,1H3,(H,20,26). The third kappa shape index (κ3) is 2.97. The van der Waals surface area contributed by atoms with E-state index in [1.165, 1.54) is 0 Å². The van der Waals surface area contributed by atoms with E-state index in [9.17, 15) is 4.79 Å². The maximum atomic E-state index is 12.7. The van der Waals surface area contributed by atoms with E-state index in [1.807, 2.05) is 42.1 Å². The number of rotatable bonds is 3. The second-order valence-corrected chi connectivity index (χ2v) is 7.10. The number of aromatic nitrogens is 4. The van der Waals surface area contributed by atoms with Crippen LogP contribution in [-0.4, -0.2) is 37.4 Å². The fourth-order valence-electron chi connectivity index (χ4n) is 3.50. The summed E-state index contributed by atoms with van der Waals surface area (Å²) in [6, 6.07) is 9.35. The summed E-state index contributed by atoms with van der Waals surface area (Å²) < 4.78 is 7.33. The minimum atomic E-state index is -0.120. The number of nitrogens with zero attached hydrogens (tertiary/aromatic N) is 5. The molecule has 0 radical (unpaired) electrons. The van der Waals surface area contributed by atoms with E-state index in [2.05, 4.69) is 20.6 Å². The number of urea groups is 1. The van der Waals surface area contributed by atoms with Gasteiger partial charge in [-0.15, -0.1) is 0 Å². The summed E-state index contributed by atoms with van der Waals surface area (Å²) >= 11 is 0. The quantitative estimate of drug-likeness (QED) is 0.772. The van der Waals surface area contributed by atoms with Crippen LogP contribution in [0.1, 0.15) is 35.8 Å².